The molecule has 0 rings (SSSR count). The second-order valence-electron chi connectivity index (χ2n) is 3.34. The molecule has 15 heavy (non-hydrogen) atoms. The lowest BCUT2D eigenvalue weighted by Crippen LogP contribution is -2.02. The molecule has 0 unspecified atom stereocenters. The second kappa shape index (κ2) is 15.9. The fourth-order valence-electron chi connectivity index (χ4n) is 0.911. The number of hydrogen-bond donors (Lipinski definition) is 1. The predicted octanol–water partition coefficient (Wildman–Crippen LogP) is 2.91. The predicted molar refractivity (Wildman–Crippen MR) is 62.8 cm³/mol. The lowest BCUT2D eigenvalue weighted by atomic mass is 10.2. The van der Waals surface area contributed by atoms with E-state index in [9.17, 15) is 4.79 Å². The fraction of sp³-hybridized carbons (Fsp3) is 0.917. The average Bonchev–Trinajstić information content (AvgIpc) is 2.21. The molecular weight excluding hydrogens is 192 g/mol. The van der Waals surface area contributed by atoms with Crippen molar-refractivity contribution in [1.29, 1.82) is 0 Å². The van der Waals surface area contributed by atoms with Crippen LogP contribution in [0.3, 0.4) is 0 Å². The van der Waals surface area contributed by atoms with Crippen LogP contribution in [0.1, 0.15) is 59.3 Å². The summed E-state index contributed by atoms with van der Waals surface area (Å²) >= 11 is 0. The minimum absolute atomic E-state index is 0.0593. The number of carbonyl (C=O) groups excluding carboxylic acids is 1. The molecule has 0 aliphatic rings. The van der Waals surface area contributed by atoms with E-state index in [2.05, 4.69) is 13.8 Å². The number of aliphatic hydroxyl groups is 1. The van der Waals surface area contributed by atoms with E-state index in [1.807, 2.05) is 6.92 Å². The van der Waals surface area contributed by atoms with Gasteiger partial charge in [-0.05, 0) is 19.8 Å². The number of hydrogen-bond acceptors (Lipinski definition) is 3. The first kappa shape index (κ1) is 16.8. The van der Waals surface area contributed by atoms with Gasteiger partial charge in [0.1, 0.15) is 0 Å². The summed E-state index contributed by atoms with van der Waals surface area (Å²) in [5.41, 5.74) is 0. The summed E-state index contributed by atoms with van der Waals surface area (Å²) in [5, 5.41) is 8.07. The third kappa shape index (κ3) is 19.7. The minimum atomic E-state index is -0.0593. The topological polar surface area (TPSA) is 46.5 Å². The molecule has 0 aromatic heterocycles. The van der Waals surface area contributed by atoms with Gasteiger partial charge in [0.2, 0.25) is 0 Å². The summed E-state index contributed by atoms with van der Waals surface area (Å²) in [6.45, 7) is 6.85. The lowest BCUT2D eigenvalue weighted by molar-refractivity contribution is -0.143. The van der Waals surface area contributed by atoms with Gasteiger partial charge in [0, 0.05) is 13.0 Å². The van der Waals surface area contributed by atoms with Crippen LogP contribution in [0.15, 0.2) is 0 Å². The van der Waals surface area contributed by atoms with Crippen molar-refractivity contribution in [3.8, 4) is 0 Å². The molecule has 0 saturated carbocycles. The third-order valence-corrected chi connectivity index (χ3v) is 1.80. The summed E-state index contributed by atoms with van der Waals surface area (Å²) in [6, 6.07) is 0. The van der Waals surface area contributed by atoms with E-state index >= 15 is 0 Å². The van der Waals surface area contributed by atoms with Crippen LogP contribution in [0.4, 0.5) is 0 Å². The van der Waals surface area contributed by atoms with Gasteiger partial charge in [-0.25, -0.2) is 0 Å². The summed E-state index contributed by atoms with van der Waals surface area (Å²) in [4.78, 5) is 10.7. The van der Waals surface area contributed by atoms with Crippen LogP contribution in [-0.4, -0.2) is 24.3 Å². The molecule has 0 atom stereocenters. The van der Waals surface area contributed by atoms with Gasteiger partial charge in [-0.1, -0.05) is 33.1 Å². The Bertz CT molecular complexity index is 122. The Morgan fingerprint density at radius 2 is 1.67 bits per heavy atom. The molecule has 0 amide bonds. The first-order valence-electron chi connectivity index (χ1n) is 5.99. The Morgan fingerprint density at radius 1 is 1.07 bits per heavy atom. The maximum atomic E-state index is 10.7. The number of aliphatic hydroxyl groups excluding tert-OH is 1. The van der Waals surface area contributed by atoms with Gasteiger partial charge >= 0.3 is 5.97 Å². The highest BCUT2D eigenvalue weighted by molar-refractivity contribution is 5.69. The highest BCUT2D eigenvalue weighted by Gasteiger charge is 1.98. The zero-order valence-corrected chi connectivity index (χ0v) is 10.4. The molecule has 0 aromatic rings. The average molecular weight is 218 g/mol. The monoisotopic (exact) mass is 218 g/mol. The summed E-state index contributed by atoms with van der Waals surface area (Å²) in [5.74, 6) is -0.0593. The molecule has 3 heteroatoms. The lowest BCUT2D eigenvalue weighted by Gasteiger charge is -1.99. The Morgan fingerprint density at radius 3 is 2.00 bits per heavy atom. The molecule has 0 fully saturated rings. The van der Waals surface area contributed by atoms with Crippen molar-refractivity contribution >= 4 is 5.97 Å². The minimum Gasteiger partial charge on any atom is -0.466 e. The molecule has 0 aliphatic carbocycles. The Kier molecular flexibility index (Phi) is 17.8. The van der Waals surface area contributed by atoms with Gasteiger partial charge in [0.25, 0.3) is 0 Å². The molecule has 0 aliphatic heterocycles. The van der Waals surface area contributed by atoms with Crippen molar-refractivity contribution in [2.45, 2.75) is 59.3 Å². The molecule has 0 saturated heterocycles. The van der Waals surface area contributed by atoms with Crippen molar-refractivity contribution in [3.63, 3.8) is 0 Å². The normalized spacial score (nSPS) is 9.07. The van der Waals surface area contributed by atoms with E-state index in [1.54, 1.807) is 0 Å². The van der Waals surface area contributed by atoms with Crippen LogP contribution in [-0.2, 0) is 9.53 Å². The second-order valence-corrected chi connectivity index (χ2v) is 3.34. The molecule has 0 heterocycles. The molecule has 0 spiro atoms. The van der Waals surface area contributed by atoms with E-state index in [0.29, 0.717) is 19.6 Å². The number of ether oxygens (including phenoxy) is 1. The fourth-order valence-corrected chi connectivity index (χ4v) is 0.911. The Balaban J connectivity index is 0. The molecule has 0 bridgehead atoms. The first-order chi connectivity index (χ1) is 7.22. The van der Waals surface area contributed by atoms with Crippen molar-refractivity contribution in [2.75, 3.05) is 13.2 Å². The molecule has 1 N–H and O–H groups in total. The molecule has 0 aromatic carbocycles. The quantitative estimate of drug-likeness (QED) is 0.528. The summed E-state index contributed by atoms with van der Waals surface area (Å²) in [7, 11) is 0. The summed E-state index contributed by atoms with van der Waals surface area (Å²) in [6.07, 6.45) is 5.87. The molecule has 92 valence electrons. The van der Waals surface area contributed by atoms with Crippen LogP contribution in [0, 0.1) is 0 Å². The van der Waals surface area contributed by atoms with E-state index < -0.39 is 0 Å². The molecule has 3 nitrogen and oxygen atoms in total. The third-order valence-electron chi connectivity index (χ3n) is 1.80. The van der Waals surface area contributed by atoms with Crippen LogP contribution >= 0.6 is 0 Å². The number of unbranched alkanes of at least 4 members (excludes halogenated alkanes) is 3. The highest BCUT2D eigenvalue weighted by Crippen LogP contribution is 1.99. The van der Waals surface area contributed by atoms with Crippen LogP contribution in [0.5, 0.6) is 0 Å². The number of esters is 1. The standard InChI is InChI=1S/C8H16O2.C4H10O/c1-3-5-6-7-8(9)10-4-2;1-2-3-4-5/h3-7H2,1-2H3;5H,2-4H2,1H3. The zero-order valence-electron chi connectivity index (χ0n) is 10.4. The van der Waals surface area contributed by atoms with Crippen molar-refractivity contribution in [2.24, 2.45) is 0 Å². The van der Waals surface area contributed by atoms with Crippen molar-refractivity contribution in [3.05, 3.63) is 0 Å². The van der Waals surface area contributed by atoms with Gasteiger partial charge < -0.3 is 9.84 Å². The number of carbonyl (C=O) groups is 1. The van der Waals surface area contributed by atoms with Gasteiger partial charge in [-0.2, -0.15) is 0 Å². The van der Waals surface area contributed by atoms with Gasteiger partial charge in [-0.15, -0.1) is 0 Å². The largest absolute Gasteiger partial charge is 0.466 e. The maximum Gasteiger partial charge on any atom is 0.305 e. The maximum absolute atomic E-state index is 10.7. The van der Waals surface area contributed by atoms with Crippen molar-refractivity contribution < 1.29 is 14.6 Å². The van der Waals surface area contributed by atoms with Crippen molar-refractivity contribution in [1.82, 2.24) is 0 Å². The number of rotatable bonds is 7. The summed E-state index contributed by atoms with van der Waals surface area (Å²) < 4.78 is 4.75. The van der Waals surface area contributed by atoms with Crippen LogP contribution < -0.4 is 0 Å². The highest BCUT2D eigenvalue weighted by atomic mass is 16.5. The first-order valence-corrected chi connectivity index (χ1v) is 5.99. The van der Waals surface area contributed by atoms with E-state index in [1.165, 1.54) is 0 Å². The van der Waals surface area contributed by atoms with Gasteiger partial charge in [0.05, 0.1) is 6.61 Å². The molecule has 0 radical (unpaired) electrons. The van der Waals surface area contributed by atoms with Gasteiger partial charge in [0.15, 0.2) is 0 Å². The van der Waals surface area contributed by atoms with Crippen LogP contribution in [0.25, 0.3) is 0 Å². The molecular formula is C12H26O3. The Labute approximate surface area is 93.8 Å². The SMILES string of the molecule is CCCCCC(=O)OCC.CCCCO. The van der Waals surface area contributed by atoms with E-state index in [4.69, 9.17) is 9.84 Å². The Hall–Kier alpha value is -0.570. The zero-order chi connectivity index (χ0) is 11.9. The van der Waals surface area contributed by atoms with Crippen LogP contribution in [0.2, 0.25) is 0 Å². The van der Waals surface area contributed by atoms with Gasteiger partial charge in [-0.3, -0.25) is 4.79 Å². The van der Waals surface area contributed by atoms with E-state index in [0.717, 1.165) is 32.1 Å². The smallest absolute Gasteiger partial charge is 0.305 e. The van der Waals surface area contributed by atoms with E-state index in [-0.39, 0.29) is 5.97 Å².